The second kappa shape index (κ2) is 5.98. The SMILES string of the molecule is CCNCc1ccc(N2CCc3sccc3C2)cc1C. The number of aryl methyl sites for hydroxylation is 1. The van der Waals surface area contributed by atoms with Crippen LogP contribution in [0.5, 0.6) is 0 Å². The topological polar surface area (TPSA) is 15.3 Å². The molecule has 0 radical (unpaired) electrons. The van der Waals surface area contributed by atoms with Crippen LogP contribution >= 0.6 is 11.3 Å². The summed E-state index contributed by atoms with van der Waals surface area (Å²) in [5, 5.41) is 5.62. The minimum absolute atomic E-state index is 0.970. The molecule has 2 aromatic rings. The molecule has 0 spiro atoms. The van der Waals surface area contributed by atoms with Crippen LogP contribution in [0.25, 0.3) is 0 Å². The fourth-order valence-electron chi connectivity index (χ4n) is 2.80. The van der Waals surface area contributed by atoms with Gasteiger partial charge in [0.05, 0.1) is 0 Å². The summed E-state index contributed by atoms with van der Waals surface area (Å²) in [4.78, 5) is 4.07. The average molecular weight is 286 g/mol. The van der Waals surface area contributed by atoms with Crippen molar-refractivity contribution in [2.24, 2.45) is 0 Å². The van der Waals surface area contributed by atoms with Crippen LogP contribution in [0.15, 0.2) is 29.6 Å². The Morgan fingerprint density at radius 1 is 1.30 bits per heavy atom. The van der Waals surface area contributed by atoms with Crippen molar-refractivity contribution < 1.29 is 0 Å². The average Bonchev–Trinajstić information content (AvgIpc) is 2.93. The summed E-state index contributed by atoms with van der Waals surface area (Å²) < 4.78 is 0. The van der Waals surface area contributed by atoms with Gasteiger partial charge in [0.1, 0.15) is 0 Å². The Morgan fingerprint density at radius 3 is 3.00 bits per heavy atom. The second-order valence-electron chi connectivity index (χ2n) is 5.43. The molecule has 1 aliphatic rings. The lowest BCUT2D eigenvalue weighted by molar-refractivity contribution is 0.721. The molecule has 20 heavy (non-hydrogen) atoms. The first kappa shape index (κ1) is 13.7. The number of hydrogen-bond acceptors (Lipinski definition) is 3. The molecular weight excluding hydrogens is 264 g/mol. The normalized spacial score (nSPS) is 14.4. The first-order chi connectivity index (χ1) is 9.78. The van der Waals surface area contributed by atoms with Crippen LogP contribution in [-0.4, -0.2) is 13.1 Å². The summed E-state index contributed by atoms with van der Waals surface area (Å²) in [6, 6.07) is 9.16. The van der Waals surface area contributed by atoms with Crippen molar-refractivity contribution in [1.29, 1.82) is 0 Å². The van der Waals surface area contributed by atoms with Gasteiger partial charge in [-0.25, -0.2) is 0 Å². The number of thiophene rings is 1. The fourth-order valence-corrected chi connectivity index (χ4v) is 3.69. The Kier molecular flexibility index (Phi) is 4.08. The predicted octanol–water partition coefficient (Wildman–Crippen LogP) is 3.73. The third kappa shape index (κ3) is 2.74. The molecule has 3 rings (SSSR count). The van der Waals surface area contributed by atoms with Crippen molar-refractivity contribution in [1.82, 2.24) is 5.32 Å². The van der Waals surface area contributed by atoms with Crippen LogP contribution in [0.3, 0.4) is 0 Å². The van der Waals surface area contributed by atoms with Crippen molar-refractivity contribution in [3.8, 4) is 0 Å². The first-order valence-electron chi connectivity index (χ1n) is 7.38. The zero-order valence-corrected chi connectivity index (χ0v) is 13.1. The van der Waals surface area contributed by atoms with E-state index < -0.39 is 0 Å². The molecule has 0 atom stereocenters. The Bertz CT molecular complexity index is 588. The molecule has 106 valence electrons. The van der Waals surface area contributed by atoms with E-state index in [1.165, 1.54) is 28.8 Å². The zero-order valence-electron chi connectivity index (χ0n) is 12.3. The highest BCUT2D eigenvalue weighted by atomic mass is 32.1. The summed E-state index contributed by atoms with van der Waals surface area (Å²) in [5.74, 6) is 0. The fraction of sp³-hybridized carbons (Fsp3) is 0.412. The lowest BCUT2D eigenvalue weighted by Gasteiger charge is -2.29. The van der Waals surface area contributed by atoms with E-state index in [0.29, 0.717) is 0 Å². The van der Waals surface area contributed by atoms with Gasteiger partial charge in [-0.1, -0.05) is 13.0 Å². The molecule has 2 nitrogen and oxygen atoms in total. The molecule has 0 unspecified atom stereocenters. The highest BCUT2D eigenvalue weighted by Gasteiger charge is 2.17. The molecule has 0 aliphatic carbocycles. The van der Waals surface area contributed by atoms with Gasteiger partial charge >= 0.3 is 0 Å². The summed E-state index contributed by atoms with van der Waals surface area (Å²) in [5.41, 5.74) is 5.67. The van der Waals surface area contributed by atoms with Crippen LogP contribution in [-0.2, 0) is 19.5 Å². The maximum atomic E-state index is 3.40. The quantitative estimate of drug-likeness (QED) is 0.921. The van der Waals surface area contributed by atoms with Gasteiger partial charge in [-0.05, 0) is 60.2 Å². The van der Waals surface area contributed by atoms with Crippen LogP contribution in [0, 0.1) is 6.92 Å². The van der Waals surface area contributed by atoms with E-state index in [-0.39, 0.29) is 0 Å². The van der Waals surface area contributed by atoms with Crippen molar-refractivity contribution in [2.75, 3.05) is 18.0 Å². The van der Waals surface area contributed by atoms with E-state index in [4.69, 9.17) is 0 Å². The molecule has 1 aromatic heterocycles. The van der Waals surface area contributed by atoms with Gasteiger partial charge in [-0.15, -0.1) is 11.3 Å². The smallest absolute Gasteiger partial charge is 0.0440 e. The lowest BCUT2D eigenvalue weighted by Crippen LogP contribution is -2.29. The zero-order chi connectivity index (χ0) is 13.9. The van der Waals surface area contributed by atoms with E-state index in [1.54, 1.807) is 4.88 Å². The standard InChI is InChI=1S/C17H22N2S/c1-3-18-11-14-4-5-16(10-13(14)2)19-8-6-17-15(12-19)7-9-20-17/h4-5,7,9-10,18H,3,6,8,11-12H2,1-2H3. The molecule has 2 heterocycles. The molecule has 3 heteroatoms. The minimum Gasteiger partial charge on any atom is -0.367 e. The number of hydrogen-bond donors (Lipinski definition) is 1. The van der Waals surface area contributed by atoms with Crippen LogP contribution in [0.4, 0.5) is 5.69 Å². The monoisotopic (exact) mass is 286 g/mol. The molecule has 0 bridgehead atoms. The van der Waals surface area contributed by atoms with Crippen molar-refractivity contribution >= 4 is 17.0 Å². The van der Waals surface area contributed by atoms with Gasteiger partial charge in [0.2, 0.25) is 0 Å². The van der Waals surface area contributed by atoms with E-state index in [9.17, 15) is 0 Å². The van der Waals surface area contributed by atoms with Gasteiger partial charge in [0.25, 0.3) is 0 Å². The molecule has 0 saturated heterocycles. The van der Waals surface area contributed by atoms with E-state index >= 15 is 0 Å². The number of nitrogens with one attached hydrogen (secondary N) is 1. The van der Waals surface area contributed by atoms with Gasteiger partial charge < -0.3 is 10.2 Å². The molecule has 1 N–H and O–H groups in total. The molecule has 0 fully saturated rings. The van der Waals surface area contributed by atoms with Gasteiger partial charge in [-0.3, -0.25) is 0 Å². The van der Waals surface area contributed by atoms with Crippen molar-refractivity contribution in [3.05, 3.63) is 51.2 Å². The Labute approximate surface area is 125 Å². The minimum atomic E-state index is 0.970. The number of rotatable bonds is 4. The van der Waals surface area contributed by atoms with Crippen molar-refractivity contribution in [3.63, 3.8) is 0 Å². The van der Waals surface area contributed by atoms with E-state index in [1.807, 2.05) is 11.3 Å². The summed E-state index contributed by atoms with van der Waals surface area (Å²) >= 11 is 1.90. The number of fused-ring (bicyclic) bond motifs is 1. The Morgan fingerprint density at radius 2 is 2.20 bits per heavy atom. The highest BCUT2D eigenvalue weighted by Crippen LogP contribution is 2.28. The number of benzene rings is 1. The summed E-state index contributed by atoms with van der Waals surface area (Å²) in [6.45, 7) is 8.56. The first-order valence-corrected chi connectivity index (χ1v) is 8.26. The summed E-state index contributed by atoms with van der Waals surface area (Å²) in [6.07, 6.45) is 1.19. The van der Waals surface area contributed by atoms with E-state index in [0.717, 1.165) is 26.2 Å². The second-order valence-corrected chi connectivity index (χ2v) is 6.43. The summed E-state index contributed by atoms with van der Waals surface area (Å²) in [7, 11) is 0. The molecule has 1 aliphatic heterocycles. The van der Waals surface area contributed by atoms with Crippen LogP contribution in [0.1, 0.15) is 28.5 Å². The Hall–Kier alpha value is -1.32. The number of nitrogens with zero attached hydrogens (tertiary/aromatic N) is 1. The largest absolute Gasteiger partial charge is 0.367 e. The number of anilines is 1. The molecule has 1 aromatic carbocycles. The maximum absolute atomic E-state index is 3.40. The Balaban J connectivity index is 1.76. The highest BCUT2D eigenvalue weighted by molar-refractivity contribution is 7.10. The van der Waals surface area contributed by atoms with E-state index in [2.05, 4.69) is 53.7 Å². The van der Waals surface area contributed by atoms with Crippen molar-refractivity contribution in [2.45, 2.75) is 33.4 Å². The van der Waals surface area contributed by atoms with Gasteiger partial charge in [0.15, 0.2) is 0 Å². The van der Waals surface area contributed by atoms with Gasteiger partial charge in [-0.2, -0.15) is 0 Å². The molecule has 0 amide bonds. The van der Waals surface area contributed by atoms with Crippen LogP contribution < -0.4 is 10.2 Å². The third-order valence-corrected chi connectivity index (χ3v) is 5.09. The lowest BCUT2D eigenvalue weighted by atomic mass is 10.0. The van der Waals surface area contributed by atoms with Gasteiger partial charge in [0, 0.05) is 30.2 Å². The molecule has 0 saturated carbocycles. The molecular formula is C17H22N2S. The maximum Gasteiger partial charge on any atom is 0.0440 e. The third-order valence-electron chi connectivity index (χ3n) is 4.06. The predicted molar refractivity (Wildman–Crippen MR) is 87.6 cm³/mol. The van der Waals surface area contributed by atoms with Crippen LogP contribution in [0.2, 0.25) is 0 Å².